The van der Waals surface area contributed by atoms with Crippen LogP contribution in [0.2, 0.25) is 0 Å². The second-order valence-electron chi connectivity index (χ2n) is 3.87. The minimum absolute atomic E-state index is 0.691. The van der Waals surface area contributed by atoms with Gasteiger partial charge in [0.2, 0.25) is 0 Å². The summed E-state index contributed by atoms with van der Waals surface area (Å²) in [5.74, 6) is 0.947. The van der Waals surface area contributed by atoms with Gasteiger partial charge in [-0.2, -0.15) is 0 Å². The standard InChI is InChI=1S/C15H16O/c1-4-16-15-10-9-12(11(2)3)13-7-5-6-8-14(13)15/h5-10H,2,4H2,1,3H3. The summed E-state index contributed by atoms with van der Waals surface area (Å²) in [6, 6.07) is 12.4. The molecule has 0 heterocycles. The Balaban J connectivity index is 2.71. The van der Waals surface area contributed by atoms with E-state index in [0.29, 0.717) is 6.61 Å². The monoisotopic (exact) mass is 212 g/mol. The molecule has 82 valence electrons. The molecular formula is C15H16O. The normalized spacial score (nSPS) is 10.4. The van der Waals surface area contributed by atoms with Crippen molar-refractivity contribution in [2.24, 2.45) is 0 Å². The van der Waals surface area contributed by atoms with E-state index < -0.39 is 0 Å². The Morgan fingerprint density at radius 1 is 1.12 bits per heavy atom. The number of fused-ring (bicyclic) bond motifs is 1. The summed E-state index contributed by atoms with van der Waals surface area (Å²) in [7, 11) is 0. The predicted molar refractivity (Wildman–Crippen MR) is 69.8 cm³/mol. The minimum Gasteiger partial charge on any atom is -0.493 e. The van der Waals surface area contributed by atoms with Crippen LogP contribution in [0.15, 0.2) is 43.0 Å². The fraction of sp³-hybridized carbons (Fsp3) is 0.200. The van der Waals surface area contributed by atoms with E-state index in [1.807, 2.05) is 32.0 Å². The van der Waals surface area contributed by atoms with Crippen LogP contribution in [-0.4, -0.2) is 6.61 Å². The van der Waals surface area contributed by atoms with Crippen molar-refractivity contribution in [1.82, 2.24) is 0 Å². The van der Waals surface area contributed by atoms with E-state index in [4.69, 9.17) is 4.74 Å². The number of rotatable bonds is 3. The molecule has 2 aromatic rings. The summed E-state index contributed by atoms with van der Waals surface area (Å²) in [6.45, 7) is 8.73. The minimum atomic E-state index is 0.691. The van der Waals surface area contributed by atoms with Crippen LogP contribution in [0, 0.1) is 0 Å². The molecule has 1 heteroatoms. The fourth-order valence-corrected chi connectivity index (χ4v) is 1.92. The Kier molecular flexibility index (Phi) is 2.95. The lowest BCUT2D eigenvalue weighted by Gasteiger charge is -2.11. The van der Waals surface area contributed by atoms with E-state index >= 15 is 0 Å². The van der Waals surface area contributed by atoms with Crippen molar-refractivity contribution in [3.8, 4) is 5.75 Å². The van der Waals surface area contributed by atoms with Crippen LogP contribution >= 0.6 is 0 Å². The van der Waals surface area contributed by atoms with Crippen molar-refractivity contribution < 1.29 is 4.74 Å². The molecule has 0 saturated heterocycles. The second kappa shape index (κ2) is 4.40. The van der Waals surface area contributed by atoms with Crippen LogP contribution in [0.4, 0.5) is 0 Å². The van der Waals surface area contributed by atoms with E-state index in [1.165, 1.54) is 10.9 Å². The molecule has 0 N–H and O–H groups in total. The first kappa shape index (κ1) is 10.7. The largest absolute Gasteiger partial charge is 0.493 e. The first-order valence-corrected chi connectivity index (χ1v) is 5.54. The lowest BCUT2D eigenvalue weighted by Crippen LogP contribution is -1.93. The zero-order valence-corrected chi connectivity index (χ0v) is 9.79. The molecule has 0 aromatic heterocycles. The lowest BCUT2D eigenvalue weighted by molar-refractivity contribution is 0.344. The van der Waals surface area contributed by atoms with Gasteiger partial charge in [-0.3, -0.25) is 0 Å². The van der Waals surface area contributed by atoms with E-state index in [-0.39, 0.29) is 0 Å². The third-order valence-corrected chi connectivity index (χ3v) is 2.64. The van der Waals surface area contributed by atoms with Gasteiger partial charge >= 0.3 is 0 Å². The van der Waals surface area contributed by atoms with Crippen LogP contribution in [0.1, 0.15) is 19.4 Å². The Labute approximate surface area is 96.4 Å². The zero-order chi connectivity index (χ0) is 11.5. The maximum atomic E-state index is 5.62. The molecule has 0 unspecified atom stereocenters. The highest BCUT2D eigenvalue weighted by atomic mass is 16.5. The maximum absolute atomic E-state index is 5.62. The van der Waals surface area contributed by atoms with Crippen molar-refractivity contribution in [2.45, 2.75) is 13.8 Å². The van der Waals surface area contributed by atoms with Crippen LogP contribution in [0.3, 0.4) is 0 Å². The molecule has 1 nitrogen and oxygen atoms in total. The topological polar surface area (TPSA) is 9.23 Å². The molecule has 16 heavy (non-hydrogen) atoms. The highest BCUT2D eigenvalue weighted by Crippen LogP contribution is 2.31. The quantitative estimate of drug-likeness (QED) is 0.738. The highest BCUT2D eigenvalue weighted by Gasteiger charge is 2.06. The average Bonchev–Trinajstić information content (AvgIpc) is 2.29. The highest BCUT2D eigenvalue weighted by molar-refractivity contribution is 5.96. The molecule has 2 rings (SSSR count). The first-order chi connectivity index (χ1) is 7.74. The van der Waals surface area contributed by atoms with Crippen LogP contribution < -0.4 is 4.74 Å². The fourth-order valence-electron chi connectivity index (χ4n) is 1.92. The van der Waals surface area contributed by atoms with Gasteiger partial charge < -0.3 is 4.74 Å². The molecule has 2 aromatic carbocycles. The van der Waals surface area contributed by atoms with E-state index in [0.717, 1.165) is 16.7 Å². The van der Waals surface area contributed by atoms with E-state index in [2.05, 4.69) is 24.8 Å². The summed E-state index contributed by atoms with van der Waals surface area (Å²) in [6.07, 6.45) is 0. The van der Waals surface area contributed by atoms with Crippen LogP contribution in [0.25, 0.3) is 16.3 Å². The summed E-state index contributed by atoms with van der Waals surface area (Å²) in [5, 5.41) is 2.37. The number of ether oxygens (including phenoxy) is 1. The summed E-state index contributed by atoms with van der Waals surface area (Å²) < 4.78 is 5.62. The smallest absolute Gasteiger partial charge is 0.127 e. The summed E-state index contributed by atoms with van der Waals surface area (Å²) in [5.41, 5.74) is 2.28. The van der Waals surface area contributed by atoms with Gasteiger partial charge in [-0.1, -0.05) is 42.5 Å². The number of allylic oxidation sites excluding steroid dienone is 1. The summed E-state index contributed by atoms with van der Waals surface area (Å²) in [4.78, 5) is 0. The van der Waals surface area contributed by atoms with Gasteiger partial charge in [-0.15, -0.1) is 0 Å². The Hall–Kier alpha value is -1.76. The molecule has 0 amide bonds. The molecule has 0 atom stereocenters. The number of benzene rings is 2. The third kappa shape index (κ3) is 1.81. The van der Waals surface area contributed by atoms with Gasteiger partial charge in [0.15, 0.2) is 0 Å². The maximum Gasteiger partial charge on any atom is 0.127 e. The average molecular weight is 212 g/mol. The van der Waals surface area contributed by atoms with Gasteiger partial charge in [0.05, 0.1) is 6.61 Å². The van der Waals surface area contributed by atoms with Crippen LogP contribution in [-0.2, 0) is 0 Å². The van der Waals surface area contributed by atoms with Gasteiger partial charge in [0.1, 0.15) is 5.75 Å². The van der Waals surface area contributed by atoms with Crippen molar-refractivity contribution in [3.05, 3.63) is 48.5 Å². The molecule has 0 spiro atoms. The van der Waals surface area contributed by atoms with Gasteiger partial charge in [-0.25, -0.2) is 0 Å². The van der Waals surface area contributed by atoms with Crippen LogP contribution in [0.5, 0.6) is 5.75 Å². The predicted octanol–water partition coefficient (Wildman–Crippen LogP) is 4.27. The second-order valence-corrected chi connectivity index (χ2v) is 3.87. The van der Waals surface area contributed by atoms with Crippen molar-refractivity contribution in [1.29, 1.82) is 0 Å². The van der Waals surface area contributed by atoms with E-state index in [9.17, 15) is 0 Å². The molecule has 0 saturated carbocycles. The van der Waals surface area contributed by atoms with Gasteiger partial charge in [0.25, 0.3) is 0 Å². The molecule has 0 aliphatic rings. The van der Waals surface area contributed by atoms with Crippen molar-refractivity contribution in [2.75, 3.05) is 6.61 Å². The van der Waals surface area contributed by atoms with Crippen molar-refractivity contribution in [3.63, 3.8) is 0 Å². The molecule has 0 fully saturated rings. The van der Waals surface area contributed by atoms with Crippen molar-refractivity contribution >= 4 is 16.3 Å². The number of hydrogen-bond donors (Lipinski definition) is 0. The SMILES string of the molecule is C=C(C)c1ccc(OCC)c2ccccc12. The first-order valence-electron chi connectivity index (χ1n) is 5.54. The molecule has 0 radical (unpaired) electrons. The molecule has 0 bridgehead atoms. The molecular weight excluding hydrogens is 196 g/mol. The van der Waals surface area contributed by atoms with Gasteiger partial charge in [-0.05, 0) is 30.9 Å². The Morgan fingerprint density at radius 3 is 2.44 bits per heavy atom. The van der Waals surface area contributed by atoms with Gasteiger partial charge in [0, 0.05) is 5.39 Å². The molecule has 0 aliphatic carbocycles. The number of hydrogen-bond acceptors (Lipinski definition) is 1. The Morgan fingerprint density at radius 2 is 1.81 bits per heavy atom. The zero-order valence-electron chi connectivity index (χ0n) is 9.79. The third-order valence-electron chi connectivity index (χ3n) is 2.64. The lowest BCUT2D eigenvalue weighted by atomic mass is 9.99. The summed E-state index contributed by atoms with van der Waals surface area (Å²) >= 11 is 0. The Bertz CT molecular complexity index is 526. The molecule has 0 aliphatic heterocycles. The van der Waals surface area contributed by atoms with E-state index in [1.54, 1.807) is 0 Å².